The molecule has 2 heterocycles. The normalized spacial score (nSPS) is 20.9. The van der Waals surface area contributed by atoms with Gasteiger partial charge in [-0.25, -0.2) is 4.98 Å². The van der Waals surface area contributed by atoms with Crippen LogP contribution in [0.15, 0.2) is 18.3 Å². The van der Waals surface area contributed by atoms with Crippen molar-refractivity contribution in [2.45, 2.75) is 57.5 Å². The van der Waals surface area contributed by atoms with Gasteiger partial charge in [0.2, 0.25) is 0 Å². The molecule has 3 nitrogen and oxygen atoms in total. The maximum Gasteiger partial charge on any atom is 0.128 e. The Balaban J connectivity index is 1.56. The highest BCUT2D eigenvalue weighted by molar-refractivity contribution is 5.39. The number of pyridine rings is 1. The molecular formula is C16H25N3. The first-order chi connectivity index (χ1) is 9.42. The average Bonchev–Trinajstić information content (AvgIpc) is 3.21. The lowest BCUT2D eigenvalue weighted by molar-refractivity contribution is 0.553. The molecule has 1 saturated heterocycles. The van der Waals surface area contributed by atoms with Crippen molar-refractivity contribution >= 4 is 5.82 Å². The van der Waals surface area contributed by atoms with Gasteiger partial charge in [-0.1, -0.05) is 25.3 Å². The van der Waals surface area contributed by atoms with Gasteiger partial charge in [0.1, 0.15) is 5.82 Å². The highest BCUT2D eigenvalue weighted by Gasteiger charge is 2.20. The van der Waals surface area contributed by atoms with Crippen LogP contribution in [0.1, 0.15) is 50.5 Å². The SMILES string of the molecule is c1cc(N2CCCCCCC2)ncc1CNC1CC1. The Kier molecular flexibility index (Phi) is 4.34. The fraction of sp³-hybridized carbons (Fsp3) is 0.688. The Bertz CT molecular complexity index is 375. The second-order valence-electron chi connectivity index (χ2n) is 5.93. The Morgan fingerprint density at radius 2 is 1.79 bits per heavy atom. The molecule has 2 aliphatic rings. The summed E-state index contributed by atoms with van der Waals surface area (Å²) in [7, 11) is 0. The van der Waals surface area contributed by atoms with Gasteiger partial charge in [0, 0.05) is 31.9 Å². The molecule has 0 atom stereocenters. The predicted octanol–water partition coefficient (Wildman–Crippen LogP) is 3.10. The first kappa shape index (κ1) is 12.9. The largest absolute Gasteiger partial charge is 0.357 e. The molecule has 0 spiro atoms. The lowest BCUT2D eigenvalue weighted by atomic mass is 10.1. The fourth-order valence-electron chi connectivity index (χ4n) is 2.73. The van der Waals surface area contributed by atoms with Gasteiger partial charge in [-0.3, -0.25) is 0 Å². The Hall–Kier alpha value is -1.09. The Morgan fingerprint density at radius 1 is 1.05 bits per heavy atom. The van der Waals surface area contributed by atoms with Crippen molar-refractivity contribution < 1.29 is 0 Å². The molecule has 1 aliphatic carbocycles. The van der Waals surface area contributed by atoms with Gasteiger partial charge in [-0.05, 0) is 37.3 Å². The van der Waals surface area contributed by atoms with E-state index in [1.165, 1.54) is 63.6 Å². The monoisotopic (exact) mass is 259 g/mol. The fourth-order valence-corrected chi connectivity index (χ4v) is 2.73. The molecule has 0 aromatic carbocycles. The van der Waals surface area contributed by atoms with Crippen LogP contribution in [0.4, 0.5) is 5.82 Å². The molecule has 0 unspecified atom stereocenters. The van der Waals surface area contributed by atoms with Crippen LogP contribution in [0.25, 0.3) is 0 Å². The summed E-state index contributed by atoms with van der Waals surface area (Å²) in [5.41, 5.74) is 1.31. The quantitative estimate of drug-likeness (QED) is 0.900. The van der Waals surface area contributed by atoms with E-state index in [9.17, 15) is 0 Å². The van der Waals surface area contributed by atoms with Gasteiger partial charge < -0.3 is 10.2 Å². The first-order valence-corrected chi connectivity index (χ1v) is 7.85. The maximum atomic E-state index is 4.66. The summed E-state index contributed by atoms with van der Waals surface area (Å²) in [4.78, 5) is 7.11. The molecule has 1 saturated carbocycles. The Morgan fingerprint density at radius 3 is 2.42 bits per heavy atom. The zero-order chi connectivity index (χ0) is 12.9. The van der Waals surface area contributed by atoms with Crippen molar-refractivity contribution in [3.63, 3.8) is 0 Å². The van der Waals surface area contributed by atoms with Crippen molar-refractivity contribution in [3.8, 4) is 0 Å². The molecular weight excluding hydrogens is 234 g/mol. The molecule has 3 rings (SSSR count). The zero-order valence-electron chi connectivity index (χ0n) is 11.8. The third-order valence-corrected chi connectivity index (χ3v) is 4.16. The lowest BCUT2D eigenvalue weighted by Gasteiger charge is -2.25. The summed E-state index contributed by atoms with van der Waals surface area (Å²) < 4.78 is 0. The number of nitrogens with zero attached hydrogens (tertiary/aromatic N) is 2. The Labute approximate surface area is 116 Å². The van der Waals surface area contributed by atoms with Crippen LogP contribution in [0, 0.1) is 0 Å². The van der Waals surface area contributed by atoms with Crippen molar-refractivity contribution in [2.75, 3.05) is 18.0 Å². The molecule has 1 N–H and O–H groups in total. The minimum absolute atomic E-state index is 0.772. The second kappa shape index (κ2) is 6.38. The summed E-state index contributed by atoms with van der Waals surface area (Å²) in [6, 6.07) is 5.20. The number of anilines is 1. The van der Waals surface area contributed by atoms with Crippen LogP contribution in [0.3, 0.4) is 0 Å². The van der Waals surface area contributed by atoms with Crippen molar-refractivity contribution in [1.82, 2.24) is 10.3 Å². The van der Waals surface area contributed by atoms with Crippen LogP contribution >= 0.6 is 0 Å². The van der Waals surface area contributed by atoms with E-state index in [2.05, 4.69) is 27.3 Å². The van der Waals surface area contributed by atoms with Gasteiger partial charge in [0.05, 0.1) is 0 Å². The number of hydrogen-bond donors (Lipinski definition) is 1. The second-order valence-corrected chi connectivity index (χ2v) is 5.93. The number of hydrogen-bond acceptors (Lipinski definition) is 3. The predicted molar refractivity (Wildman–Crippen MR) is 79.4 cm³/mol. The first-order valence-electron chi connectivity index (χ1n) is 7.85. The van der Waals surface area contributed by atoms with E-state index in [0.29, 0.717) is 0 Å². The van der Waals surface area contributed by atoms with Crippen LogP contribution in [-0.2, 0) is 6.54 Å². The number of aromatic nitrogens is 1. The molecule has 0 bridgehead atoms. The molecule has 2 fully saturated rings. The van der Waals surface area contributed by atoms with Crippen molar-refractivity contribution in [3.05, 3.63) is 23.9 Å². The van der Waals surface area contributed by atoms with E-state index in [4.69, 9.17) is 0 Å². The number of rotatable bonds is 4. The van der Waals surface area contributed by atoms with Gasteiger partial charge in [0.25, 0.3) is 0 Å². The van der Waals surface area contributed by atoms with Gasteiger partial charge in [0.15, 0.2) is 0 Å². The topological polar surface area (TPSA) is 28.2 Å². The summed E-state index contributed by atoms with van der Waals surface area (Å²) in [5.74, 6) is 1.16. The van der Waals surface area contributed by atoms with Gasteiger partial charge in [-0.2, -0.15) is 0 Å². The van der Waals surface area contributed by atoms with E-state index in [1.54, 1.807) is 0 Å². The highest BCUT2D eigenvalue weighted by Crippen LogP contribution is 2.20. The van der Waals surface area contributed by atoms with Crippen molar-refractivity contribution in [1.29, 1.82) is 0 Å². The highest BCUT2D eigenvalue weighted by atomic mass is 15.2. The van der Waals surface area contributed by atoms with Crippen molar-refractivity contribution in [2.24, 2.45) is 0 Å². The molecule has 1 aromatic rings. The van der Waals surface area contributed by atoms with E-state index in [0.717, 1.165) is 18.4 Å². The molecule has 1 aliphatic heterocycles. The zero-order valence-corrected chi connectivity index (χ0v) is 11.8. The van der Waals surface area contributed by atoms with E-state index in [1.807, 2.05) is 6.20 Å². The number of nitrogens with one attached hydrogen (secondary N) is 1. The minimum Gasteiger partial charge on any atom is -0.357 e. The summed E-state index contributed by atoms with van der Waals surface area (Å²) in [6.07, 6.45) is 11.5. The minimum atomic E-state index is 0.772. The van der Waals surface area contributed by atoms with E-state index in [-0.39, 0.29) is 0 Å². The molecule has 1 aromatic heterocycles. The third kappa shape index (κ3) is 3.93. The molecule has 104 valence electrons. The average molecular weight is 259 g/mol. The maximum absolute atomic E-state index is 4.66. The van der Waals surface area contributed by atoms with Crippen LogP contribution < -0.4 is 10.2 Å². The van der Waals surface area contributed by atoms with Crippen LogP contribution in [0.5, 0.6) is 0 Å². The standard InChI is InChI=1S/C16H25N3/c1-2-4-10-19(11-5-3-1)16-9-6-14(13-18-16)12-17-15-7-8-15/h6,9,13,15,17H,1-5,7-8,10-12H2. The molecule has 3 heteroatoms. The van der Waals surface area contributed by atoms with Gasteiger partial charge >= 0.3 is 0 Å². The van der Waals surface area contributed by atoms with Gasteiger partial charge in [-0.15, -0.1) is 0 Å². The smallest absolute Gasteiger partial charge is 0.128 e. The van der Waals surface area contributed by atoms with Crippen LogP contribution in [0.2, 0.25) is 0 Å². The third-order valence-electron chi connectivity index (χ3n) is 4.16. The van der Waals surface area contributed by atoms with E-state index >= 15 is 0 Å². The molecule has 0 amide bonds. The molecule has 19 heavy (non-hydrogen) atoms. The summed E-state index contributed by atoms with van der Waals surface area (Å²) >= 11 is 0. The van der Waals surface area contributed by atoms with E-state index < -0.39 is 0 Å². The molecule has 0 radical (unpaired) electrons. The summed E-state index contributed by atoms with van der Waals surface area (Å²) in [6.45, 7) is 3.32. The van der Waals surface area contributed by atoms with Crippen LogP contribution in [-0.4, -0.2) is 24.1 Å². The summed E-state index contributed by atoms with van der Waals surface area (Å²) in [5, 5.41) is 3.54. The lowest BCUT2D eigenvalue weighted by Crippen LogP contribution is -2.27.